The second-order valence-corrected chi connectivity index (χ2v) is 5.41. The van der Waals surface area contributed by atoms with Crippen LogP contribution in [0.3, 0.4) is 0 Å². The molecule has 0 aromatic heterocycles. The van der Waals surface area contributed by atoms with Gasteiger partial charge in [-0.05, 0) is 17.7 Å². The molecule has 6 nitrogen and oxygen atoms in total. The third kappa shape index (κ3) is 3.22. The van der Waals surface area contributed by atoms with Gasteiger partial charge in [-0.1, -0.05) is 12.1 Å². The van der Waals surface area contributed by atoms with Crippen LogP contribution in [0.25, 0.3) is 0 Å². The van der Waals surface area contributed by atoms with Crippen molar-refractivity contribution in [2.24, 2.45) is 0 Å². The molecule has 2 heterocycles. The topological polar surface area (TPSA) is 64.7 Å². The second kappa shape index (κ2) is 6.24. The van der Waals surface area contributed by atoms with Crippen LogP contribution in [0, 0.1) is 0 Å². The van der Waals surface area contributed by atoms with Gasteiger partial charge >= 0.3 is 11.8 Å². The number of hydrogen-bond donors (Lipinski definition) is 2. The predicted octanol–water partition coefficient (Wildman–Crippen LogP) is -0.445. The van der Waals surface area contributed by atoms with E-state index in [-0.39, 0.29) is 0 Å². The second-order valence-electron chi connectivity index (χ2n) is 5.41. The molecule has 112 valence electrons. The van der Waals surface area contributed by atoms with Crippen molar-refractivity contribution < 1.29 is 9.59 Å². The van der Waals surface area contributed by atoms with Gasteiger partial charge in [0, 0.05) is 51.5 Å². The van der Waals surface area contributed by atoms with E-state index in [2.05, 4.69) is 15.5 Å². The van der Waals surface area contributed by atoms with Crippen molar-refractivity contribution >= 4 is 17.5 Å². The van der Waals surface area contributed by atoms with Gasteiger partial charge < -0.3 is 15.5 Å². The zero-order chi connectivity index (χ0) is 14.7. The maximum absolute atomic E-state index is 11.8. The lowest BCUT2D eigenvalue weighted by Gasteiger charge is -2.28. The van der Waals surface area contributed by atoms with Crippen molar-refractivity contribution in [1.82, 2.24) is 15.5 Å². The highest BCUT2D eigenvalue weighted by atomic mass is 16.2. The van der Waals surface area contributed by atoms with Crippen LogP contribution in [0.1, 0.15) is 5.56 Å². The number of benzene rings is 1. The molecular weight excluding hydrogens is 268 g/mol. The summed E-state index contributed by atoms with van der Waals surface area (Å²) >= 11 is 0. The summed E-state index contributed by atoms with van der Waals surface area (Å²) < 4.78 is 0. The average Bonchev–Trinajstić information content (AvgIpc) is 2.52. The molecule has 0 unspecified atom stereocenters. The molecule has 21 heavy (non-hydrogen) atoms. The zero-order valence-electron chi connectivity index (χ0n) is 12.0. The molecule has 2 amide bonds. The summed E-state index contributed by atoms with van der Waals surface area (Å²) in [4.78, 5) is 27.2. The third-order valence-corrected chi connectivity index (χ3v) is 3.92. The van der Waals surface area contributed by atoms with Gasteiger partial charge in [0.2, 0.25) is 0 Å². The molecule has 2 N–H and O–H groups in total. The number of nitrogens with zero attached hydrogens (tertiary/aromatic N) is 2. The molecule has 1 aromatic rings. The molecule has 2 aliphatic heterocycles. The lowest BCUT2D eigenvalue weighted by atomic mass is 10.1. The Morgan fingerprint density at radius 3 is 2.38 bits per heavy atom. The van der Waals surface area contributed by atoms with Crippen LogP contribution in [-0.2, 0) is 16.1 Å². The van der Waals surface area contributed by atoms with Crippen molar-refractivity contribution in [2.75, 3.05) is 44.2 Å². The van der Waals surface area contributed by atoms with Crippen LogP contribution in [0.5, 0.6) is 0 Å². The molecule has 0 spiro atoms. The minimum Gasteiger partial charge on any atom is -0.346 e. The SMILES string of the molecule is O=C1NCCN(c2ccc(CN3CCNCC3)cc2)C1=O. The number of piperazine rings is 2. The van der Waals surface area contributed by atoms with Crippen LogP contribution in [-0.4, -0.2) is 56.0 Å². The lowest BCUT2D eigenvalue weighted by Crippen LogP contribution is -2.52. The highest BCUT2D eigenvalue weighted by Gasteiger charge is 2.27. The van der Waals surface area contributed by atoms with E-state index in [1.165, 1.54) is 10.5 Å². The van der Waals surface area contributed by atoms with Crippen molar-refractivity contribution in [3.63, 3.8) is 0 Å². The first-order valence-electron chi connectivity index (χ1n) is 7.36. The van der Waals surface area contributed by atoms with Gasteiger partial charge in [0.05, 0.1) is 0 Å². The number of amides is 2. The van der Waals surface area contributed by atoms with Gasteiger partial charge in [-0.25, -0.2) is 0 Å². The van der Waals surface area contributed by atoms with Crippen molar-refractivity contribution in [1.29, 1.82) is 0 Å². The molecule has 0 saturated carbocycles. The van der Waals surface area contributed by atoms with Crippen molar-refractivity contribution in [2.45, 2.75) is 6.54 Å². The fourth-order valence-electron chi connectivity index (χ4n) is 2.74. The van der Waals surface area contributed by atoms with E-state index < -0.39 is 11.8 Å². The zero-order valence-corrected chi connectivity index (χ0v) is 12.0. The number of carbonyl (C=O) groups is 2. The summed E-state index contributed by atoms with van der Waals surface area (Å²) in [7, 11) is 0. The van der Waals surface area contributed by atoms with E-state index in [0.717, 1.165) is 38.4 Å². The van der Waals surface area contributed by atoms with Crippen LogP contribution in [0.15, 0.2) is 24.3 Å². The predicted molar refractivity (Wildman–Crippen MR) is 80.0 cm³/mol. The maximum atomic E-state index is 11.8. The van der Waals surface area contributed by atoms with Gasteiger partial charge in [-0.2, -0.15) is 0 Å². The number of nitrogens with one attached hydrogen (secondary N) is 2. The van der Waals surface area contributed by atoms with E-state index in [0.29, 0.717) is 13.1 Å². The Bertz CT molecular complexity index is 523. The molecule has 3 rings (SSSR count). The Labute approximate surface area is 124 Å². The van der Waals surface area contributed by atoms with E-state index in [9.17, 15) is 9.59 Å². The molecule has 2 aliphatic rings. The first kappa shape index (κ1) is 14.0. The van der Waals surface area contributed by atoms with Gasteiger partial charge in [-0.3, -0.25) is 14.5 Å². The largest absolute Gasteiger partial charge is 0.346 e. The normalized spacial score (nSPS) is 20.5. The Morgan fingerprint density at radius 1 is 0.952 bits per heavy atom. The van der Waals surface area contributed by atoms with Crippen molar-refractivity contribution in [3.05, 3.63) is 29.8 Å². The summed E-state index contributed by atoms with van der Waals surface area (Å²) in [5.41, 5.74) is 2.02. The van der Waals surface area contributed by atoms with E-state index in [1.807, 2.05) is 24.3 Å². The number of anilines is 1. The number of rotatable bonds is 3. The first-order chi connectivity index (χ1) is 10.2. The lowest BCUT2D eigenvalue weighted by molar-refractivity contribution is -0.138. The fourth-order valence-corrected chi connectivity index (χ4v) is 2.74. The number of carbonyl (C=O) groups excluding carboxylic acids is 2. The van der Waals surface area contributed by atoms with Crippen LogP contribution < -0.4 is 15.5 Å². The van der Waals surface area contributed by atoms with Crippen LogP contribution in [0.2, 0.25) is 0 Å². The molecule has 0 radical (unpaired) electrons. The monoisotopic (exact) mass is 288 g/mol. The molecule has 0 aliphatic carbocycles. The summed E-state index contributed by atoms with van der Waals surface area (Å²) in [6.45, 7) is 6.16. The minimum absolute atomic E-state index is 0.476. The molecule has 1 aromatic carbocycles. The van der Waals surface area contributed by atoms with Gasteiger partial charge in [-0.15, -0.1) is 0 Å². The van der Waals surface area contributed by atoms with Gasteiger partial charge in [0.25, 0.3) is 0 Å². The van der Waals surface area contributed by atoms with Crippen molar-refractivity contribution in [3.8, 4) is 0 Å². The Hall–Kier alpha value is -1.92. The van der Waals surface area contributed by atoms with Gasteiger partial charge in [0.15, 0.2) is 0 Å². The Balaban J connectivity index is 1.66. The summed E-state index contributed by atoms with van der Waals surface area (Å²) in [5.74, 6) is -0.998. The van der Waals surface area contributed by atoms with Crippen LogP contribution in [0.4, 0.5) is 5.69 Å². The van der Waals surface area contributed by atoms with Gasteiger partial charge in [0.1, 0.15) is 0 Å². The smallest absolute Gasteiger partial charge is 0.316 e. The fraction of sp³-hybridized carbons (Fsp3) is 0.467. The molecular formula is C15H20N4O2. The van der Waals surface area contributed by atoms with E-state index in [1.54, 1.807) is 0 Å². The molecule has 2 saturated heterocycles. The summed E-state index contributed by atoms with van der Waals surface area (Å²) in [6.07, 6.45) is 0. The minimum atomic E-state index is -0.522. The highest BCUT2D eigenvalue weighted by molar-refractivity contribution is 6.41. The molecule has 0 bridgehead atoms. The Kier molecular flexibility index (Phi) is 4.17. The Morgan fingerprint density at radius 2 is 1.67 bits per heavy atom. The third-order valence-electron chi connectivity index (χ3n) is 3.92. The molecule has 2 fully saturated rings. The average molecular weight is 288 g/mol. The summed E-state index contributed by atoms with van der Waals surface area (Å²) in [5, 5.41) is 5.89. The molecule has 0 atom stereocenters. The first-order valence-corrected chi connectivity index (χ1v) is 7.36. The summed E-state index contributed by atoms with van der Waals surface area (Å²) in [6, 6.07) is 7.93. The molecule has 6 heteroatoms. The quantitative estimate of drug-likeness (QED) is 0.740. The van der Waals surface area contributed by atoms with E-state index in [4.69, 9.17) is 0 Å². The van der Waals surface area contributed by atoms with Crippen LogP contribution >= 0.6 is 0 Å². The van der Waals surface area contributed by atoms with E-state index >= 15 is 0 Å². The highest BCUT2D eigenvalue weighted by Crippen LogP contribution is 2.17. The number of hydrogen-bond acceptors (Lipinski definition) is 4. The standard InChI is InChI=1S/C15H20N4O2/c20-14-15(21)19(10-7-17-14)13-3-1-12(2-4-13)11-18-8-5-16-6-9-18/h1-4,16H,5-11H2,(H,17,20). The maximum Gasteiger partial charge on any atom is 0.316 e.